The second-order valence-corrected chi connectivity index (χ2v) is 14.7. The van der Waals surface area contributed by atoms with E-state index in [1.807, 2.05) is 12.3 Å². The Hall–Kier alpha value is -6.71. The molecule has 0 spiro atoms. The monoisotopic (exact) mass is 691 g/mol. The van der Waals surface area contributed by atoms with Crippen molar-refractivity contribution in [1.29, 1.82) is 0 Å². The molecule has 2 aromatic heterocycles. The fourth-order valence-corrected chi connectivity index (χ4v) is 9.07. The SMILES string of the molecule is C1=CC2C(C=C1C1C=c3c(n(-c4ccc5ccccc5c4)c4ccccc34)=CC1)c1ccccc1N2c1ccc(-c2ccc(-c3ccccc3)nc2)cc1. The lowest BCUT2D eigenvalue weighted by Crippen LogP contribution is -2.33. The van der Waals surface area contributed by atoms with Gasteiger partial charge in [0.15, 0.2) is 0 Å². The summed E-state index contributed by atoms with van der Waals surface area (Å²) in [5.41, 5.74) is 12.2. The van der Waals surface area contributed by atoms with Crippen LogP contribution in [0.4, 0.5) is 11.4 Å². The number of benzene rings is 6. The van der Waals surface area contributed by atoms with Gasteiger partial charge in [-0.2, -0.15) is 0 Å². The van der Waals surface area contributed by atoms with E-state index in [1.54, 1.807) is 0 Å². The summed E-state index contributed by atoms with van der Waals surface area (Å²) in [7, 11) is 0. The Labute approximate surface area is 314 Å². The Morgan fingerprint density at radius 2 is 1.35 bits per heavy atom. The minimum atomic E-state index is 0.224. The van der Waals surface area contributed by atoms with E-state index in [0.29, 0.717) is 5.92 Å². The molecule has 0 radical (unpaired) electrons. The Morgan fingerprint density at radius 3 is 2.22 bits per heavy atom. The number of rotatable bonds is 5. The minimum Gasteiger partial charge on any atom is -0.333 e. The normalized spacial score (nSPS) is 18.4. The highest BCUT2D eigenvalue weighted by atomic mass is 15.2. The molecular formula is C51H37N3. The number of nitrogens with zero attached hydrogens (tertiary/aromatic N) is 3. The largest absolute Gasteiger partial charge is 0.333 e. The zero-order chi connectivity index (χ0) is 35.6. The Bertz CT molecular complexity index is 2910. The molecule has 0 amide bonds. The second-order valence-electron chi connectivity index (χ2n) is 14.7. The fourth-order valence-electron chi connectivity index (χ4n) is 9.07. The van der Waals surface area contributed by atoms with Crippen molar-refractivity contribution in [2.24, 2.45) is 5.92 Å². The third kappa shape index (κ3) is 5.00. The first-order chi connectivity index (χ1) is 26.8. The van der Waals surface area contributed by atoms with E-state index in [1.165, 1.54) is 66.0 Å². The number of fused-ring (bicyclic) bond motifs is 7. The maximum Gasteiger partial charge on any atom is 0.0702 e. The van der Waals surface area contributed by atoms with Crippen LogP contribution in [0.3, 0.4) is 0 Å². The number of aromatic nitrogens is 2. The zero-order valence-electron chi connectivity index (χ0n) is 29.8. The average molecular weight is 692 g/mol. The van der Waals surface area contributed by atoms with E-state index >= 15 is 0 Å². The highest BCUT2D eigenvalue weighted by molar-refractivity contribution is 5.88. The Morgan fingerprint density at radius 1 is 0.593 bits per heavy atom. The molecule has 1 aliphatic heterocycles. The smallest absolute Gasteiger partial charge is 0.0702 e. The molecule has 6 aromatic carbocycles. The van der Waals surface area contributed by atoms with E-state index in [9.17, 15) is 0 Å². The van der Waals surface area contributed by atoms with Gasteiger partial charge in [-0.3, -0.25) is 4.98 Å². The molecule has 0 saturated heterocycles. The standard InChI is InChI=1S/C51H37N3/c1-2-11-36(12-3-1)47-27-21-40(33-52-47)35-18-24-41(25-19-35)53-48-16-8-6-14-43(48)45-31-38(22-28-50(45)53)39-23-29-51-46(32-39)44-15-7-9-17-49(44)54(51)42-26-20-34-10-4-5-13-37(34)30-42/h1-22,24-33,39,45,50H,23H2. The van der Waals surface area contributed by atoms with Crippen LogP contribution in [0, 0.1) is 5.92 Å². The number of hydrogen-bond acceptors (Lipinski definition) is 2. The predicted molar refractivity (Wildman–Crippen MR) is 225 cm³/mol. The third-order valence-electron chi connectivity index (χ3n) is 11.7. The highest BCUT2D eigenvalue weighted by Gasteiger charge is 2.38. The van der Waals surface area contributed by atoms with Crippen LogP contribution in [-0.2, 0) is 0 Å². The lowest BCUT2D eigenvalue weighted by Gasteiger charge is -2.31. The quantitative estimate of drug-likeness (QED) is 0.179. The first-order valence-electron chi connectivity index (χ1n) is 19.0. The van der Waals surface area contributed by atoms with Crippen LogP contribution < -0.4 is 15.5 Å². The summed E-state index contributed by atoms with van der Waals surface area (Å²) >= 11 is 0. The van der Waals surface area contributed by atoms with Crippen molar-refractivity contribution >= 4 is 45.2 Å². The molecule has 0 N–H and O–H groups in total. The van der Waals surface area contributed by atoms with Gasteiger partial charge in [-0.1, -0.05) is 146 Å². The number of allylic oxidation sites excluding steroid dienone is 2. The minimum absolute atomic E-state index is 0.224. The van der Waals surface area contributed by atoms with Gasteiger partial charge in [0.05, 0.1) is 17.3 Å². The average Bonchev–Trinajstić information content (AvgIpc) is 3.76. The summed E-state index contributed by atoms with van der Waals surface area (Å²) in [4.78, 5) is 7.30. The predicted octanol–water partition coefficient (Wildman–Crippen LogP) is 10.9. The molecule has 0 bridgehead atoms. The first kappa shape index (κ1) is 30.9. The molecule has 11 rings (SSSR count). The van der Waals surface area contributed by atoms with Crippen molar-refractivity contribution in [2.45, 2.75) is 18.4 Å². The first-order valence-corrected chi connectivity index (χ1v) is 19.0. The molecule has 0 saturated carbocycles. The van der Waals surface area contributed by atoms with Gasteiger partial charge in [0, 0.05) is 62.2 Å². The topological polar surface area (TPSA) is 21.1 Å². The van der Waals surface area contributed by atoms with Gasteiger partial charge in [0.25, 0.3) is 0 Å². The summed E-state index contributed by atoms with van der Waals surface area (Å²) in [5, 5.41) is 6.47. The molecule has 8 aromatic rings. The zero-order valence-corrected chi connectivity index (χ0v) is 29.8. The molecule has 3 atom stereocenters. The van der Waals surface area contributed by atoms with Crippen LogP contribution in [0.25, 0.3) is 61.9 Å². The summed E-state index contributed by atoms with van der Waals surface area (Å²) < 4.78 is 2.46. The molecule has 3 aliphatic rings. The van der Waals surface area contributed by atoms with Gasteiger partial charge in [-0.05, 0) is 76.4 Å². The molecule has 2 aliphatic carbocycles. The van der Waals surface area contributed by atoms with Gasteiger partial charge >= 0.3 is 0 Å². The highest BCUT2D eigenvalue weighted by Crippen LogP contribution is 2.49. The lowest BCUT2D eigenvalue weighted by atomic mass is 9.82. The summed E-state index contributed by atoms with van der Waals surface area (Å²) in [6, 6.07) is 57.2. The van der Waals surface area contributed by atoms with E-state index in [-0.39, 0.29) is 12.0 Å². The Balaban J connectivity index is 0.915. The van der Waals surface area contributed by atoms with E-state index < -0.39 is 0 Å². The Kier molecular flexibility index (Phi) is 7.12. The third-order valence-corrected chi connectivity index (χ3v) is 11.7. The molecule has 3 heterocycles. The molecule has 54 heavy (non-hydrogen) atoms. The molecule has 3 heteroatoms. The second kappa shape index (κ2) is 12.5. The van der Waals surface area contributed by atoms with Gasteiger partial charge < -0.3 is 9.47 Å². The van der Waals surface area contributed by atoms with Crippen LogP contribution in [0.15, 0.2) is 188 Å². The summed E-state index contributed by atoms with van der Waals surface area (Å²) in [6.07, 6.45) is 15.4. The summed E-state index contributed by atoms with van der Waals surface area (Å²) in [5.74, 6) is 0.595. The molecule has 256 valence electrons. The molecular weight excluding hydrogens is 655 g/mol. The van der Waals surface area contributed by atoms with Crippen LogP contribution >= 0.6 is 0 Å². The van der Waals surface area contributed by atoms with Gasteiger partial charge in [0.2, 0.25) is 0 Å². The van der Waals surface area contributed by atoms with Crippen molar-refractivity contribution in [3.05, 3.63) is 204 Å². The van der Waals surface area contributed by atoms with Crippen LogP contribution in [-0.4, -0.2) is 15.6 Å². The fraction of sp³-hybridized carbons (Fsp3) is 0.0784. The van der Waals surface area contributed by atoms with Crippen LogP contribution in [0.2, 0.25) is 0 Å². The van der Waals surface area contributed by atoms with Crippen molar-refractivity contribution in [3.8, 4) is 28.1 Å². The van der Waals surface area contributed by atoms with Crippen LogP contribution in [0.1, 0.15) is 17.9 Å². The maximum atomic E-state index is 4.77. The van der Waals surface area contributed by atoms with Crippen molar-refractivity contribution in [1.82, 2.24) is 9.55 Å². The van der Waals surface area contributed by atoms with Crippen molar-refractivity contribution in [3.63, 3.8) is 0 Å². The number of hydrogen-bond donors (Lipinski definition) is 0. The summed E-state index contributed by atoms with van der Waals surface area (Å²) in [6.45, 7) is 0. The molecule has 0 fully saturated rings. The van der Waals surface area contributed by atoms with E-state index in [4.69, 9.17) is 4.98 Å². The van der Waals surface area contributed by atoms with Gasteiger partial charge in [-0.25, -0.2) is 0 Å². The van der Waals surface area contributed by atoms with Gasteiger partial charge in [0.1, 0.15) is 0 Å². The van der Waals surface area contributed by atoms with Gasteiger partial charge in [-0.15, -0.1) is 0 Å². The maximum absolute atomic E-state index is 4.77. The van der Waals surface area contributed by atoms with E-state index in [0.717, 1.165) is 23.2 Å². The van der Waals surface area contributed by atoms with E-state index in [2.05, 4.69) is 192 Å². The lowest BCUT2D eigenvalue weighted by molar-refractivity contribution is 0.717. The molecule has 3 nitrogen and oxygen atoms in total. The van der Waals surface area contributed by atoms with Crippen LogP contribution in [0.5, 0.6) is 0 Å². The van der Waals surface area contributed by atoms with Crippen molar-refractivity contribution in [2.75, 3.05) is 4.90 Å². The number of para-hydroxylation sites is 2. The number of pyridine rings is 1. The van der Waals surface area contributed by atoms with Crippen molar-refractivity contribution < 1.29 is 0 Å². The number of anilines is 2. The molecule has 3 unspecified atom stereocenters.